The third-order valence-electron chi connectivity index (χ3n) is 2.77. The van der Waals surface area contributed by atoms with Gasteiger partial charge >= 0.3 is 5.97 Å². The second-order valence-corrected chi connectivity index (χ2v) is 4.47. The molecule has 0 aliphatic rings. The summed E-state index contributed by atoms with van der Waals surface area (Å²) in [5.74, 6) is -1.61. The zero-order chi connectivity index (χ0) is 16.9. The van der Waals surface area contributed by atoms with E-state index < -0.39 is 17.9 Å². The molecular formula is C14H18N2O6. The molecule has 1 aromatic rings. The van der Waals surface area contributed by atoms with Gasteiger partial charge in [-0.15, -0.1) is 0 Å². The third kappa shape index (κ3) is 4.11. The van der Waals surface area contributed by atoms with Gasteiger partial charge in [0.2, 0.25) is 5.91 Å². The highest BCUT2D eigenvalue weighted by Gasteiger charge is 2.20. The van der Waals surface area contributed by atoms with Crippen LogP contribution in [0, 0.1) is 0 Å². The van der Waals surface area contributed by atoms with Crippen molar-refractivity contribution in [3.8, 4) is 11.5 Å². The van der Waals surface area contributed by atoms with E-state index in [0.717, 1.165) is 0 Å². The summed E-state index contributed by atoms with van der Waals surface area (Å²) in [5, 5.41) is 13.7. The fourth-order valence-electron chi connectivity index (χ4n) is 1.72. The lowest BCUT2D eigenvalue weighted by Crippen LogP contribution is -2.38. The molecule has 8 heteroatoms. The molecular weight excluding hydrogens is 292 g/mol. The number of aliphatic carboxylic acids is 1. The van der Waals surface area contributed by atoms with Crippen LogP contribution in [0.2, 0.25) is 0 Å². The summed E-state index contributed by atoms with van der Waals surface area (Å²) < 4.78 is 10.3. The number of methoxy groups -OCH3 is 2. The molecule has 8 nitrogen and oxygen atoms in total. The van der Waals surface area contributed by atoms with Crippen LogP contribution in [0.25, 0.3) is 0 Å². The zero-order valence-corrected chi connectivity index (χ0v) is 12.7. The zero-order valence-electron chi connectivity index (χ0n) is 12.7. The number of ether oxygens (including phenoxy) is 2. The lowest BCUT2D eigenvalue weighted by Gasteiger charge is -2.16. The minimum absolute atomic E-state index is 0.134. The van der Waals surface area contributed by atoms with Gasteiger partial charge in [0, 0.05) is 12.5 Å². The number of nitrogens with one attached hydrogen (secondary N) is 2. The summed E-state index contributed by atoms with van der Waals surface area (Å²) in [6, 6.07) is 1.73. The Labute approximate surface area is 127 Å². The summed E-state index contributed by atoms with van der Waals surface area (Å²) in [4.78, 5) is 34.1. The summed E-state index contributed by atoms with van der Waals surface area (Å²) in [6.45, 7) is 2.65. The maximum Gasteiger partial charge on any atom is 0.325 e. The van der Waals surface area contributed by atoms with Crippen LogP contribution in [0.15, 0.2) is 12.1 Å². The van der Waals surface area contributed by atoms with Crippen molar-refractivity contribution in [1.82, 2.24) is 5.32 Å². The highest BCUT2D eigenvalue weighted by atomic mass is 16.5. The minimum atomic E-state index is -1.16. The Kier molecular flexibility index (Phi) is 5.73. The van der Waals surface area contributed by atoms with Crippen LogP contribution in [0.4, 0.5) is 5.69 Å². The number of anilines is 1. The molecule has 1 rings (SSSR count). The van der Waals surface area contributed by atoms with Gasteiger partial charge in [-0.05, 0) is 19.1 Å². The van der Waals surface area contributed by atoms with Crippen molar-refractivity contribution in [2.75, 3.05) is 19.5 Å². The lowest BCUT2D eigenvalue weighted by molar-refractivity contribution is -0.138. The van der Waals surface area contributed by atoms with Crippen molar-refractivity contribution in [1.29, 1.82) is 0 Å². The number of rotatable bonds is 6. The molecule has 3 N–H and O–H groups in total. The predicted molar refractivity (Wildman–Crippen MR) is 78.4 cm³/mol. The number of carbonyl (C=O) groups is 3. The molecule has 0 bridgehead atoms. The predicted octanol–water partition coefficient (Wildman–Crippen LogP) is 0.865. The van der Waals surface area contributed by atoms with Crippen LogP contribution < -0.4 is 20.1 Å². The van der Waals surface area contributed by atoms with E-state index in [1.165, 1.54) is 40.2 Å². The molecule has 0 fully saturated rings. The second kappa shape index (κ2) is 7.30. The molecule has 0 aliphatic heterocycles. The molecule has 22 heavy (non-hydrogen) atoms. The monoisotopic (exact) mass is 310 g/mol. The van der Waals surface area contributed by atoms with Gasteiger partial charge in [-0.25, -0.2) is 0 Å². The average Bonchev–Trinajstić information content (AvgIpc) is 2.45. The molecule has 0 radical (unpaired) electrons. The normalized spacial score (nSPS) is 11.3. The highest BCUT2D eigenvalue weighted by Crippen LogP contribution is 2.36. The molecule has 0 aromatic heterocycles. The number of benzene rings is 1. The maximum absolute atomic E-state index is 12.1. The molecule has 0 saturated carbocycles. The van der Waals surface area contributed by atoms with Gasteiger partial charge in [0.15, 0.2) is 11.5 Å². The number of amides is 2. The SMILES string of the molecule is COc1cc(C(=O)N[C@@H](C)C(=O)O)cc(NC(C)=O)c1OC. The molecule has 1 atom stereocenters. The molecule has 0 unspecified atom stereocenters. The smallest absolute Gasteiger partial charge is 0.325 e. The third-order valence-corrected chi connectivity index (χ3v) is 2.77. The first kappa shape index (κ1) is 17.3. The van der Waals surface area contributed by atoms with E-state index in [1.807, 2.05) is 0 Å². The van der Waals surface area contributed by atoms with Gasteiger partial charge < -0.3 is 25.2 Å². The van der Waals surface area contributed by atoms with Crippen LogP contribution in [0.5, 0.6) is 11.5 Å². The largest absolute Gasteiger partial charge is 0.493 e. The van der Waals surface area contributed by atoms with Gasteiger partial charge in [-0.3, -0.25) is 14.4 Å². The lowest BCUT2D eigenvalue weighted by atomic mass is 10.1. The minimum Gasteiger partial charge on any atom is -0.493 e. The number of carboxylic acid groups (broad SMARTS) is 1. The van der Waals surface area contributed by atoms with Gasteiger partial charge in [0.1, 0.15) is 6.04 Å². The van der Waals surface area contributed by atoms with Gasteiger partial charge in [-0.1, -0.05) is 0 Å². The fraction of sp³-hybridized carbons (Fsp3) is 0.357. The molecule has 0 saturated heterocycles. The van der Waals surface area contributed by atoms with Crippen LogP contribution in [-0.2, 0) is 9.59 Å². The van der Waals surface area contributed by atoms with Crippen LogP contribution in [-0.4, -0.2) is 43.2 Å². The van der Waals surface area contributed by atoms with Crippen molar-refractivity contribution < 1.29 is 29.0 Å². The Morgan fingerprint density at radius 3 is 2.27 bits per heavy atom. The van der Waals surface area contributed by atoms with Crippen molar-refractivity contribution in [3.05, 3.63) is 17.7 Å². The Morgan fingerprint density at radius 1 is 1.18 bits per heavy atom. The number of carboxylic acids is 1. The van der Waals surface area contributed by atoms with E-state index in [-0.39, 0.29) is 28.7 Å². The molecule has 0 aliphatic carbocycles. The quantitative estimate of drug-likeness (QED) is 0.718. The van der Waals surface area contributed by atoms with E-state index in [1.54, 1.807) is 0 Å². The van der Waals surface area contributed by atoms with Crippen LogP contribution >= 0.6 is 0 Å². The summed E-state index contributed by atoms with van der Waals surface area (Å²) >= 11 is 0. The number of carbonyl (C=O) groups excluding carboxylic acids is 2. The highest BCUT2D eigenvalue weighted by molar-refractivity contribution is 6.00. The first-order valence-electron chi connectivity index (χ1n) is 6.37. The van der Waals surface area contributed by atoms with Gasteiger partial charge in [0.25, 0.3) is 5.91 Å². The second-order valence-electron chi connectivity index (χ2n) is 4.47. The van der Waals surface area contributed by atoms with E-state index >= 15 is 0 Å². The Bertz CT molecular complexity index is 599. The Morgan fingerprint density at radius 2 is 1.82 bits per heavy atom. The summed E-state index contributed by atoms with van der Waals surface area (Å²) in [6.07, 6.45) is 0. The van der Waals surface area contributed by atoms with Crippen molar-refractivity contribution in [2.24, 2.45) is 0 Å². The van der Waals surface area contributed by atoms with Crippen molar-refractivity contribution in [2.45, 2.75) is 19.9 Å². The van der Waals surface area contributed by atoms with E-state index in [2.05, 4.69) is 10.6 Å². The van der Waals surface area contributed by atoms with E-state index in [4.69, 9.17) is 14.6 Å². The number of hydrogen-bond acceptors (Lipinski definition) is 5. The number of hydrogen-bond donors (Lipinski definition) is 3. The van der Waals surface area contributed by atoms with E-state index in [0.29, 0.717) is 0 Å². The Hall–Kier alpha value is -2.77. The van der Waals surface area contributed by atoms with E-state index in [9.17, 15) is 14.4 Å². The Balaban J connectivity index is 3.22. The summed E-state index contributed by atoms with van der Waals surface area (Å²) in [5.41, 5.74) is 0.386. The van der Waals surface area contributed by atoms with Crippen molar-refractivity contribution in [3.63, 3.8) is 0 Å². The molecule has 1 aromatic carbocycles. The standard InChI is InChI=1S/C14H18N2O6/c1-7(14(19)20)15-13(18)9-5-10(16-8(2)17)12(22-4)11(6-9)21-3/h5-7H,1-4H3,(H,15,18)(H,16,17)(H,19,20)/t7-/m0/s1. The van der Waals surface area contributed by atoms with Crippen LogP contribution in [0.3, 0.4) is 0 Å². The maximum atomic E-state index is 12.1. The first-order valence-corrected chi connectivity index (χ1v) is 6.37. The topological polar surface area (TPSA) is 114 Å². The van der Waals surface area contributed by atoms with Gasteiger partial charge in [0.05, 0.1) is 19.9 Å². The fourth-order valence-corrected chi connectivity index (χ4v) is 1.72. The first-order chi connectivity index (χ1) is 10.3. The van der Waals surface area contributed by atoms with Crippen molar-refractivity contribution >= 4 is 23.5 Å². The van der Waals surface area contributed by atoms with Gasteiger partial charge in [-0.2, -0.15) is 0 Å². The van der Waals surface area contributed by atoms with Crippen LogP contribution in [0.1, 0.15) is 24.2 Å². The molecule has 2 amide bonds. The molecule has 0 spiro atoms. The average molecular weight is 310 g/mol. The summed E-state index contributed by atoms with van der Waals surface area (Å²) in [7, 11) is 2.78. The molecule has 120 valence electrons. The molecule has 0 heterocycles.